The summed E-state index contributed by atoms with van der Waals surface area (Å²) < 4.78 is 40.0. The molecular formula is C13H18FN3O3S. The Kier molecular flexibility index (Phi) is 4.48. The van der Waals surface area contributed by atoms with Crippen molar-refractivity contribution in [2.75, 3.05) is 25.4 Å². The number of carbonyl (C=O) groups excluding carboxylic acids is 1. The molecular weight excluding hydrogens is 297 g/mol. The van der Waals surface area contributed by atoms with E-state index in [0.29, 0.717) is 18.7 Å². The zero-order valence-electron chi connectivity index (χ0n) is 11.7. The van der Waals surface area contributed by atoms with E-state index in [-0.39, 0.29) is 18.1 Å². The average molecular weight is 315 g/mol. The van der Waals surface area contributed by atoms with Crippen LogP contribution in [0.1, 0.15) is 18.4 Å². The Balaban J connectivity index is 2.11. The van der Waals surface area contributed by atoms with Crippen molar-refractivity contribution in [2.45, 2.75) is 24.7 Å². The molecule has 8 heteroatoms. The number of aryl methyl sites for hydroxylation is 1. The molecule has 1 fully saturated rings. The number of carbonyl (C=O) groups is 1. The molecule has 0 aromatic heterocycles. The van der Waals surface area contributed by atoms with E-state index in [1.165, 1.54) is 0 Å². The van der Waals surface area contributed by atoms with Crippen LogP contribution in [-0.4, -0.2) is 38.9 Å². The molecule has 0 spiro atoms. The Morgan fingerprint density at radius 2 is 2.00 bits per heavy atom. The molecule has 0 bridgehead atoms. The molecule has 1 heterocycles. The average Bonchev–Trinajstić information content (AvgIpc) is 2.94. The maximum absolute atomic E-state index is 13.8. The van der Waals surface area contributed by atoms with Crippen LogP contribution in [-0.2, 0) is 14.8 Å². The van der Waals surface area contributed by atoms with Crippen LogP contribution in [0.5, 0.6) is 0 Å². The number of nitrogens with two attached hydrogens (primary N) is 1. The Morgan fingerprint density at radius 1 is 1.38 bits per heavy atom. The summed E-state index contributed by atoms with van der Waals surface area (Å²) >= 11 is 0. The Morgan fingerprint density at radius 3 is 2.62 bits per heavy atom. The van der Waals surface area contributed by atoms with E-state index in [4.69, 9.17) is 5.73 Å². The molecule has 1 saturated heterocycles. The minimum Gasteiger partial charge on any atom is -0.398 e. The second-order valence-electron chi connectivity index (χ2n) is 5.05. The highest BCUT2D eigenvalue weighted by atomic mass is 32.2. The number of benzene rings is 1. The summed E-state index contributed by atoms with van der Waals surface area (Å²) in [5, 5.41) is 0. The van der Waals surface area contributed by atoms with Crippen LogP contribution in [0.2, 0.25) is 0 Å². The second kappa shape index (κ2) is 5.98. The molecule has 6 nitrogen and oxygen atoms in total. The molecule has 1 amide bonds. The van der Waals surface area contributed by atoms with Crippen molar-refractivity contribution in [3.63, 3.8) is 0 Å². The van der Waals surface area contributed by atoms with Gasteiger partial charge < -0.3 is 10.6 Å². The zero-order valence-corrected chi connectivity index (χ0v) is 12.5. The van der Waals surface area contributed by atoms with Gasteiger partial charge in [0.1, 0.15) is 10.7 Å². The molecule has 0 unspecified atom stereocenters. The molecule has 0 radical (unpaired) electrons. The highest BCUT2D eigenvalue weighted by molar-refractivity contribution is 7.89. The lowest BCUT2D eigenvalue weighted by molar-refractivity contribution is -0.128. The summed E-state index contributed by atoms with van der Waals surface area (Å²) in [4.78, 5) is 12.9. The fraction of sp³-hybridized carbons (Fsp3) is 0.462. The molecule has 2 rings (SSSR count). The van der Waals surface area contributed by atoms with Gasteiger partial charge in [-0.05, 0) is 37.5 Å². The van der Waals surface area contributed by atoms with Crippen LogP contribution in [0.25, 0.3) is 0 Å². The molecule has 21 heavy (non-hydrogen) atoms. The number of hydrogen-bond donors (Lipinski definition) is 2. The zero-order chi connectivity index (χ0) is 15.6. The minimum absolute atomic E-state index is 0.183. The largest absolute Gasteiger partial charge is 0.398 e. The molecule has 116 valence electrons. The van der Waals surface area contributed by atoms with E-state index in [1.54, 1.807) is 11.8 Å². The van der Waals surface area contributed by atoms with Crippen LogP contribution in [0.4, 0.5) is 10.1 Å². The van der Waals surface area contributed by atoms with Crippen LogP contribution >= 0.6 is 0 Å². The van der Waals surface area contributed by atoms with Crippen molar-refractivity contribution in [1.29, 1.82) is 0 Å². The lowest BCUT2D eigenvalue weighted by Crippen LogP contribution is -2.38. The Bertz CT molecular complexity index is 655. The van der Waals surface area contributed by atoms with Gasteiger partial charge in [-0.2, -0.15) is 0 Å². The number of nitrogen functional groups attached to an aromatic ring is 1. The van der Waals surface area contributed by atoms with Gasteiger partial charge in [-0.25, -0.2) is 17.5 Å². The van der Waals surface area contributed by atoms with Gasteiger partial charge in [-0.3, -0.25) is 4.79 Å². The SMILES string of the molecule is Cc1cc(F)c(S(=O)(=O)NCC(=O)N2CCCC2)cc1N. The lowest BCUT2D eigenvalue weighted by Gasteiger charge is -2.16. The van der Waals surface area contributed by atoms with Crippen LogP contribution in [0.15, 0.2) is 17.0 Å². The first-order chi connectivity index (χ1) is 9.81. The van der Waals surface area contributed by atoms with E-state index < -0.39 is 20.7 Å². The second-order valence-corrected chi connectivity index (χ2v) is 6.79. The van der Waals surface area contributed by atoms with Crippen molar-refractivity contribution in [3.05, 3.63) is 23.5 Å². The third-order valence-corrected chi connectivity index (χ3v) is 4.90. The number of likely N-dealkylation sites (tertiary alicyclic amines) is 1. The topological polar surface area (TPSA) is 92.5 Å². The van der Waals surface area contributed by atoms with Crippen molar-refractivity contribution in [2.24, 2.45) is 0 Å². The summed E-state index contributed by atoms with van der Waals surface area (Å²) in [5.74, 6) is -1.20. The summed E-state index contributed by atoms with van der Waals surface area (Å²) in [6.45, 7) is 2.47. The highest BCUT2D eigenvalue weighted by Crippen LogP contribution is 2.21. The third-order valence-electron chi connectivity index (χ3n) is 3.48. The fourth-order valence-electron chi connectivity index (χ4n) is 2.19. The van der Waals surface area contributed by atoms with Crippen molar-refractivity contribution < 1.29 is 17.6 Å². The lowest BCUT2D eigenvalue weighted by atomic mass is 10.2. The number of nitrogens with zero attached hydrogens (tertiary/aromatic N) is 1. The summed E-state index contributed by atoms with van der Waals surface area (Å²) in [6, 6.07) is 2.12. The quantitative estimate of drug-likeness (QED) is 0.797. The van der Waals surface area contributed by atoms with Gasteiger partial charge in [0.25, 0.3) is 0 Å². The van der Waals surface area contributed by atoms with Crippen molar-refractivity contribution >= 4 is 21.6 Å². The van der Waals surface area contributed by atoms with Crippen molar-refractivity contribution in [1.82, 2.24) is 9.62 Å². The van der Waals surface area contributed by atoms with Gasteiger partial charge in [0, 0.05) is 18.8 Å². The number of anilines is 1. The summed E-state index contributed by atoms with van der Waals surface area (Å²) in [5.41, 5.74) is 6.25. The molecule has 1 aliphatic heterocycles. The standard InChI is InChI=1S/C13H18FN3O3S/c1-9-6-10(14)12(7-11(9)15)21(19,20)16-8-13(18)17-4-2-3-5-17/h6-7,16H,2-5,8,15H2,1H3. The van der Waals surface area contributed by atoms with Gasteiger partial charge in [0.05, 0.1) is 6.54 Å². The first kappa shape index (κ1) is 15.7. The number of rotatable bonds is 4. The number of nitrogens with one attached hydrogen (secondary N) is 1. The number of hydrogen-bond acceptors (Lipinski definition) is 4. The van der Waals surface area contributed by atoms with Crippen molar-refractivity contribution in [3.8, 4) is 0 Å². The summed E-state index contributed by atoms with van der Waals surface area (Å²) in [7, 11) is -4.11. The molecule has 0 saturated carbocycles. The minimum atomic E-state index is -4.11. The number of amides is 1. The van der Waals surface area contributed by atoms with Gasteiger partial charge in [-0.15, -0.1) is 0 Å². The number of halogens is 1. The molecule has 1 aromatic carbocycles. The normalized spacial score (nSPS) is 15.4. The summed E-state index contributed by atoms with van der Waals surface area (Å²) in [6.07, 6.45) is 1.84. The maximum Gasteiger partial charge on any atom is 0.244 e. The molecule has 0 aliphatic carbocycles. The first-order valence-corrected chi connectivity index (χ1v) is 8.12. The predicted octanol–water partition coefficient (Wildman–Crippen LogP) is 0.617. The molecule has 0 atom stereocenters. The monoisotopic (exact) mass is 315 g/mol. The number of sulfonamides is 1. The fourth-order valence-corrected chi connectivity index (χ4v) is 3.25. The Labute approximate surface area is 123 Å². The molecule has 1 aromatic rings. The first-order valence-electron chi connectivity index (χ1n) is 6.64. The highest BCUT2D eigenvalue weighted by Gasteiger charge is 2.23. The van der Waals surface area contributed by atoms with E-state index in [0.717, 1.165) is 25.0 Å². The molecule has 1 aliphatic rings. The van der Waals surface area contributed by atoms with Crippen LogP contribution in [0.3, 0.4) is 0 Å². The van der Waals surface area contributed by atoms with E-state index in [1.807, 2.05) is 0 Å². The third kappa shape index (κ3) is 3.51. The van der Waals surface area contributed by atoms with Crippen LogP contribution < -0.4 is 10.5 Å². The smallest absolute Gasteiger partial charge is 0.244 e. The van der Waals surface area contributed by atoms with E-state index >= 15 is 0 Å². The van der Waals surface area contributed by atoms with Gasteiger partial charge in [-0.1, -0.05) is 0 Å². The maximum atomic E-state index is 13.8. The van der Waals surface area contributed by atoms with E-state index in [9.17, 15) is 17.6 Å². The van der Waals surface area contributed by atoms with E-state index in [2.05, 4.69) is 4.72 Å². The Hall–Kier alpha value is -1.67. The molecule has 3 N–H and O–H groups in total. The predicted molar refractivity (Wildman–Crippen MR) is 76.6 cm³/mol. The van der Waals surface area contributed by atoms with Gasteiger partial charge in [0.2, 0.25) is 15.9 Å². The van der Waals surface area contributed by atoms with Gasteiger partial charge >= 0.3 is 0 Å². The van der Waals surface area contributed by atoms with Gasteiger partial charge in [0.15, 0.2) is 0 Å². The van der Waals surface area contributed by atoms with Crippen LogP contribution in [0, 0.1) is 12.7 Å².